The molecule has 1 heterocycles. The first-order valence-electron chi connectivity index (χ1n) is 13.0. The van der Waals surface area contributed by atoms with Crippen LogP contribution in [0, 0.1) is 0 Å². The Bertz CT molecular complexity index is 1340. The van der Waals surface area contributed by atoms with Crippen molar-refractivity contribution in [2.24, 2.45) is 0 Å². The number of piperidine rings is 1. The summed E-state index contributed by atoms with van der Waals surface area (Å²) in [4.78, 5) is 27.9. The van der Waals surface area contributed by atoms with Crippen molar-refractivity contribution < 1.29 is 35.9 Å². The molecule has 3 aromatic rings. The van der Waals surface area contributed by atoms with E-state index in [0.29, 0.717) is 30.8 Å². The summed E-state index contributed by atoms with van der Waals surface area (Å²) in [6.45, 7) is 1.85. The summed E-state index contributed by atoms with van der Waals surface area (Å²) in [5, 5.41) is 7.32. The van der Waals surface area contributed by atoms with Crippen LogP contribution in [0.1, 0.15) is 46.3 Å². The minimum Gasteiger partial charge on any atom is -0.371 e. The molecule has 4 rings (SSSR count). The van der Waals surface area contributed by atoms with Gasteiger partial charge in [-0.15, -0.1) is 0 Å². The second-order valence-corrected chi connectivity index (χ2v) is 9.64. The van der Waals surface area contributed by atoms with Crippen LogP contribution >= 0.6 is 0 Å². The van der Waals surface area contributed by atoms with Crippen LogP contribution in [0.3, 0.4) is 0 Å². The quantitative estimate of drug-likeness (QED) is 0.257. The molecule has 41 heavy (non-hydrogen) atoms. The van der Waals surface area contributed by atoms with E-state index in [1.807, 2.05) is 35.6 Å². The highest BCUT2D eigenvalue weighted by molar-refractivity contribution is 6.04. The first-order chi connectivity index (χ1) is 19.4. The zero-order chi connectivity index (χ0) is 29.6. The van der Waals surface area contributed by atoms with Gasteiger partial charge in [-0.3, -0.25) is 4.79 Å². The van der Waals surface area contributed by atoms with E-state index < -0.39 is 35.2 Å². The number of nitrogens with one attached hydrogen (secondary N) is 3. The van der Waals surface area contributed by atoms with Crippen molar-refractivity contribution in [2.75, 3.05) is 35.2 Å². The lowest BCUT2D eigenvalue weighted by molar-refractivity contribution is -0.143. The van der Waals surface area contributed by atoms with Gasteiger partial charge >= 0.3 is 18.4 Å². The van der Waals surface area contributed by atoms with E-state index in [1.54, 1.807) is 6.07 Å². The molecular formula is C29H28F6N4O2. The lowest BCUT2D eigenvalue weighted by Crippen LogP contribution is -2.33. The van der Waals surface area contributed by atoms with Crippen molar-refractivity contribution in [3.8, 4) is 0 Å². The lowest BCUT2D eigenvalue weighted by Gasteiger charge is -2.30. The summed E-state index contributed by atoms with van der Waals surface area (Å²) in [6, 6.07) is 13.9. The second-order valence-electron chi connectivity index (χ2n) is 9.64. The molecule has 0 spiro atoms. The third-order valence-corrected chi connectivity index (χ3v) is 6.58. The molecule has 0 radical (unpaired) electrons. The predicted molar refractivity (Wildman–Crippen MR) is 144 cm³/mol. The fraction of sp³-hybridized carbons (Fsp3) is 0.310. The van der Waals surface area contributed by atoms with Crippen molar-refractivity contribution in [3.63, 3.8) is 0 Å². The first-order valence-corrected chi connectivity index (χ1v) is 13.0. The number of rotatable bonds is 7. The average Bonchev–Trinajstić information content (AvgIpc) is 2.93. The molecule has 3 N–H and O–H groups in total. The molecule has 1 fully saturated rings. The molecular weight excluding hydrogens is 550 g/mol. The molecule has 1 aliphatic heterocycles. The molecule has 3 amide bonds. The largest absolute Gasteiger partial charge is 0.416 e. The number of carbonyl (C=O) groups excluding carboxylic acids is 2. The molecule has 3 aromatic carbocycles. The van der Waals surface area contributed by atoms with Crippen LogP contribution in [0.25, 0.3) is 0 Å². The number of nitrogens with zero attached hydrogens (tertiary/aromatic N) is 1. The topological polar surface area (TPSA) is 73.5 Å². The monoisotopic (exact) mass is 578 g/mol. The third kappa shape index (κ3) is 8.15. The van der Waals surface area contributed by atoms with Crippen LogP contribution in [0.2, 0.25) is 0 Å². The van der Waals surface area contributed by atoms with Gasteiger partial charge in [-0.25, -0.2) is 4.79 Å². The normalized spacial score (nSPS) is 14.0. The number of alkyl halides is 6. The maximum atomic E-state index is 13.2. The molecule has 0 atom stereocenters. The summed E-state index contributed by atoms with van der Waals surface area (Å²) >= 11 is 0. The molecule has 1 aliphatic rings. The van der Waals surface area contributed by atoms with E-state index in [1.165, 1.54) is 12.1 Å². The van der Waals surface area contributed by atoms with Crippen LogP contribution in [0.15, 0.2) is 66.7 Å². The van der Waals surface area contributed by atoms with Crippen molar-refractivity contribution >= 4 is 29.0 Å². The number of hydrogen-bond acceptors (Lipinski definition) is 3. The number of anilines is 3. The maximum absolute atomic E-state index is 13.2. The SMILES string of the molecule is O=C(Nc1cc(C(F)(F)F)cc(C(F)(F)F)c1)Nc1ccc(N2CCCCC2)c(C(=O)NCCc2ccccc2)c1. The molecule has 0 bridgehead atoms. The van der Waals surface area contributed by atoms with Crippen LogP contribution in [0.4, 0.5) is 48.2 Å². The van der Waals surface area contributed by atoms with Gasteiger partial charge in [0.15, 0.2) is 0 Å². The zero-order valence-electron chi connectivity index (χ0n) is 21.8. The Labute approximate surface area is 232 Å². The summed E-state index contributed by atoms with van der Waals surface area (Å²) in [5.41, 5.74) is -1.66. The van der Waals surface area contributed by atoms with Crippen molar-refractivity contribution in [1.29, 1.82) is 0 Å². The van der Waals surface area contributed by atoms with Gasteiger partial charge in [-0.2, -0.15) is 26.3 Å². The Hall–Kier alpha value is -4.22. The molecule has 218 valence electrons. The van der Waals surface area contributed by atoms with Gasteiger partial charge in [0.25, 0.3) is 5.91 Å². The fourth-order valence-electron chi connectivity index (χ4n) is 4.59. The Morgan fingerprint density at radius 1 is 0.732 bits per heavy atom. The molecule has 6 nitrogen and oxygen atoms in total. The number of carbonyl (C=O) groups is 2. The standard InChI is InChI=1S/C29H28F6N4O2/c30-28(31,32)20-15-21(29(33,34)35)17-23(16-20)38-27(41)37-22-9-10-25(39-13-5-2-6-14-39)24(18-22)26(40)36-12-11-19-7-3-1-4-8-19/h1,3-4,7-10,15-18H,2,5-6,11-14H2,(H,36,40)(H2,37,38,41). The van der Waals surface area contributed by atoms with Gasteiger partial charge in [0.2, 0.25) is 0 Å². The Balaban J connectivity index is 1.52. The highest BCUT2D eigenvalue weighted by Gasteiger charge is 2.37. The molecule has 12 heteroatoms. The van der Waals surface area contributed by atoms with E-state index in [2.05, 4.69) is 15.5 Å². The van der Waals surface area contributed by atoms with Gasteiger partial charge < -0.3 is 20.9 Å². The number of amides is 3. The average molecular weight is 579 g/mol. The smallest absolute Gasteiger partial charge is 0.371 e. The Kier molecular flexibility index (Phi) is 9.09. The highest BCUT2D eigenvalue weighted by Crippen LogP contribution is 2.37. The van der Waals surface area contributed by atoms with Gasteiger partial charge in [-0.1, -0.05) is 30.3 Å². The van der Waals surface area contributed by atoms with E-state index in [0.717, 1.165) is 37.9 Å². The first kappa shape index (κ1) is 29.8. The van der Waals surface area contributed by atoms with Crippen LogP contribution in [0.5, 0.6) is 0 Å². The van der Waals surface area contributed by atoms with Gasteiger partial charge in [0.05, 0.1) is 16.7 Å². The van der Waals surface area contributed by atoms with Gasteiger partial charge in [-0.05, 0) is 67.6 Å². The fourth-order valence-corrected chi connectivity index (χ4v) is 4.59. The van der Waals surface area contributed by atoms with Crippen molar-refractivity contribution in [3.05, 3.63) is 89.0 Å². The van der Waals surface area contributed by atoms with E-state index in [-0.39, 0.29) is 23.2 Å². The van der Waals surface area contributed by atoms with Crippen molar-refractivity contribution in [1.82, 2.24) is 5.32 Å². The molecule has 0 saturated carbocycles. The number of urea groups is 1. The summed E-state index contributed by atoms with van der Waals surface area (Å²) < 4.78 is 79.1. The molecule has 0 aliphatic carbocycles. The maximum Gasteiger partial charge on any atom is 0.416 e. The summed E-state index contributed by atoms with van der Waals surface area (Å²) in [5.74, 6) is -0.377. The number of benzene rings is 3. The highest BCUT2D eigenvalue weighted by atomic mass is 19.4. The minimum absolute atomic E-state index is 0.0227. The molecule has 1 saturated heterocycles. The second kappa shape index (κ2) is 12.5. The van der Waals surface area contributed by atoms with Crippen molar-refractivity contribution in [2.45, 2.75) is 38.0 Å². The predicted octanol–water partition coefficient (Wildman–Crippen LogP) is 7.33. The minimum atomic E-state index is -5.05. The summed E-state index contributed by atoms with van der Waals surface area (Å²) in [7, 11) is 0. The number of hydrogen-bond donors (Lipinski definition) is 3. The van der Waals surface area contributed by atoms with Crippen LogP contribution in [-0.4, -0.2) is 31.6 Å². The van der Waals surface area contributed by atoms with E-state index in [4.69, 9.17) is 0 Å². The van der Waals surface area contributed by atoms with Gasteiger partial charge in [0, 0.05) is 36.7 Å². The third-order valence-electron chi connectivity index (χ3n) is 6.58. The number of halogens is 6. The van der Waals surface area contributed by atoms with Gasteiger partial charge in [0.1, 0.15) is 0 Å². The lowest BCUT2D eigenvalue weighted by atomic mass is 10.1. The zero-order valence-corrected chi connectivity index (χ0v) is 21.8. The Morgan fingerprint density at radius 3 is 1.95 bits per heavy atom. The van der Waals surface area contributed by atoms with E-state index >= 15 is 0 Å². The van der Waals surface area contributed by atoms with E-state index in [9.17, 15) is 35.9 Å². The molecule has 0 unspecified atom stereocenters. The van der Waals surface area contributed by atoms with Crippen LogP contribution in [-0.2, 0) is 18.8 Å². The van der Waals surface area contributed by atoms with Crippen LogP contribution < -0.4 is 20.9 Å². The molecule has 0 aromatic heterocycles. The summed E-state index contributed by atoms with van der Waals surface area (Å²) in [6.07, 6.45) is -6.53. The Morgan fingerprint density at radius 2 is 1.34 bits per heavy atom.